The zero-order chi connectivity index (χ0) is 86.5. The van der Waals surface area contributed by atoms with Crippen LogP contribution in [0.15, 0.2) is 248 Å². The summed E-state index contributed by atoms with van der Waals surface area (Å²) in [6.45, 7) is -8.26. The van der Waals surface area contributed by atoms with Gasteiger partial charge in [0.1, 0.15) is 0 Å². The molecule has 11 aromatic carbocycles. The molecule has 3 aliphatic rings. The molecule has 0 radical (unpaired) electrons. The SMILES string of the molecule is [2H]c1c([2H])c([2H])c(-c2c([2H])c([2H])c([2H])c([2H])c2N(c2c([2H])c([2H])c(-c3c([2H])c([2H])c4c([2H])c([2H])c([2H])c([2H])c4c3-c3c([2H])c([2H])c([2H])c4c3-c3c([2H])c([2H])c([2H])c([2H])c3C4(C([2H])([2H])[2H])C([2H])([2H])[2H])c([2H])c2[2H])c2c([2H])c([2H])c3c(c2[2H])C2(c4c([2H])c([2H])c([2H])c([2H])c4-c4c([2H])c([2H])c([2H])c([2H])c42)c2c([2H])c([2H])c([2H])c([2H])c2-3)c([2H])c1[2H]. The molecular formula is C68H47N. The minimum atomic E-state index is -4.13. The van der Waals surface area contributed by atoms with Crippen LogP contribution in [0.4, 0.5) is 17.1 Å². The van der Waals surface area contributed by atoms with Crippen LogP contribution in [0.3, 0.4) is 0 Å². The summed E-state index contributed by atoms with van der Waals surface area (Å²) >= 11 is 0. The molecule has 0 heterocycles. The summed E-state index contributed by atoms with van der Waals surface area (Å²) in [4.78, 5) is 0.0986. The van der Waals surface area contributed by atoms with Crippen LogP contribution < -0.4 is 4.90 Å². The van der Waals surface area contributed by atoms with E-state index in [0.29, 0.717) is 0 Å². The third-order valence-electron chi connectivity index (χ3n) is 12.1. The first kappa shape index (κ1) is 14.7. The molecule has 0 aromatic heterocycles. The summed E-state index contributed by atoms with van der Waals surface area (Å²) in [5, 5.41) is -2.17. The van der Waals surface area contributed by atoms with Gasteiger partial charge in [-0.2, -0.15) is 0 Å². The Bertz CT molecular complexity index is 6390. The molecule has 14 rings (SSSR count). The van der Waals surface area contributed by atoms with Gasteiger partial charge < -0.3 is 4.90 Å². The molecule has 0 saturated carbocycles. The third kappa shape index (κ3) is 5.59. The lowest BCUT2D eigenvalue weighted by molar-refractivity contribution is 0.660. The molecule has 11 aromatic rings. The van der Waals surface area contributed by atoms with E-state index in [0.717, 1.165) is 0 Å². The van der Waals surface area contributed by atoms with Crippen LogP contribution in [0.2, 0.25) is 0 Å². The number of fused-ring (bicyclic) bond motifs is 14. The van der Waals surface area contributed by atoms with E-state index in [2.05, 4.69) is 0 Å². The number of anilines is 3. The van der Waals surface area contributed by atoms with Gasteiger partial charge in [-0.3, -0.25) is 0 Å². The van der Waals surface area contributed by atoms with E-state index in [-0.39, 0.29) is 4.90 Å². The van der Waals surface area contributed by atoms with Crippen molar-refractivity contribution in [2.24, 2.45) is 0 Å². The fraction of sp³-hybridized carbons (Fsp3) is 0.0588. The van der Waals surface area contributed by atoms with Crippen molar-refractivity contribution >= 4 is 27.8 Å². The summed E-state index contributed by atoms with van der Waals surface area (Å²) in [5.41, 5.74) is -32.1. The summed E-state index contributed by atoms with van der Waals surface area (Å²) in [6, 6.07) is -54.4. The van der Waals surface area contributed by atoms with E-state index in [4.69, 9.17) is 23.3 Å². The van der Waals surface area contributed by atoms with Crippen molar-refractivity contribution in [1.82, 2.24) is 0 Å². The van der Waals surface area contributed by atoms with Crippen LogP contribution in [-0.2, 0) is 10.8 Å². The monoisotopic (exact) mass is 925 g/mol. The maximum absolute atomic E-state index is 11.0. The fourth-order valence-electron chi connectivity index (χ4n) is 9.35. The number of hydrogen-bond acceptors (Lipinski definition) is 1. The van der Waals surface area contributed by atoms with Gasteiger partial charge in [-0.1, -0.05) is 231 Å². The highest BCUT2D eigenvalue weighted by molar-refractivity contribution is 6.09. The van der Waals surface area contributed by atoms with E-state index in [1.165, 1.54) is 0 Å². The van der Waals surface area contributed by atoms with Crippen LogP contribution >= 0.6 is 0 Å². The first-order valence-corrected chi connectivity index (χ1v) is 20.4. The van der Waals surface area contributed by atoms with E-state index in [1.54, 1.807) is 0 Å². The number of para-hydroxylation sites is 1. The Morgan fingerprint density at radius 1 is 0.333 bits per heavy atom. The maximum atomic E-state index is 11.0. The van der Waals surface area contributed by atoms with E-state index in [9.17, 15) is 41.1 Å². The average molecular weight is 925 g/mol. The summed E-state index contributed by atoms with van der Waals surface area (Å²) in [5.74, 6) is 0. The zero-order valence-electron chi connectivity index (χ0n) is 81.4. The van der Waals surface area contributed by atoms with Crippen LogP contribution in [0, 0.1) is 0 Å². The summed E-state index contributed by atoms with van der Waals surface area (Å²) in [7, 11) is 0. The first-order chi connectivity index (χ1) is 53.6. The van der Waals surface area contributed by atoms with Crippen molar-refractivity contribution in [3.8, 4) is 66.8 Å². The van der Waals surface area contributed by atoms with Gasteiger partial charge in [-0.05, 0) is 136 Å². The molecule has 0 N–H and O–H groups in total. The molecule has 0 bridgehead atoms. The summed E-state index contributed by atoms with van der Waals surface area (Å²) < 4.78 is 445. The molecule has 0 amide bonds. The Kier molecular flexibility index (Phi) is 3.20. The predicted octanol–water partition coefficient (Wildman–Crippen LogP) is 18.0. The maximum Gasteiger partial charge on any atom is 0.0726 e. The van der Waals surface area contributed by atoms with Gasteiger partial charge in [0, 0.05) is 30.6 Å². The Morgan fingerprint density at radius 2 is 0.841 bits per heavy atom. The van der Waals surface area contributed by atoms with E-state index < -0.39 is 400 Å². The second-order valence-corrected chi connectivity index (χ2v) is 15.5. The van der Waals surface area contributed by atoms with Crippen molar-refractivity contribution in [2.45, 2.75) is 24.5 Å². The average Bonchev–Trinajstić information content (AvgIpc) is 1.48. The predicted molar refractivity (Wildman–Crippen MR) is 289 cm³/mol. The largest absolute Gasteiger partial charge is 0.310 e. The molecule has 0 aliphatic heterocycles. The van der Waals surface area contributed by atoms with Gasteiger partial charge in [-0.15, -0.1) is 0 Å². The van der Waals surface area contributed by atoms with Gasteiger partial charge in [0.15, 0.2) is 0 Å². The molecule has 1 heteroatoms. The number of hydrogen-bond donors (Lipinski definition) is 0. The topological polar surface area (TPSA) is 3.24 Å². The van der Waals surface area contributed by atoms with Crippen LogP contribution in [0.5, 0.6) is 0 Å². The van der Waals surface area contributed by atoms with Gasteiger partial charge in [0.25, 0.3) is 0 Å². The molecule has 0 saturated heterocycles. The second kappa shape index (κ2) is 15.0. The van der Waals surface area contributed by atoms with Gasteiger partial charge in [-0.25, -0.2) is 0 Å². The highest BCUT2D eigenvalue weighted by Crippen LogP contribution is 2.63. The summed E-state index contributed by atoms with van der Waals surface area (Å²) in [6.07, 6.45) is 0. The highest BCUT2D eigenvalue weighted by Gasteiger charge is 2.51. The molecule has 69 heavy (non-hydrogen) atoms. The minimum Gasteiger partial charge on any atom is -0.310 e. The van der Waals surface area contributed by atoms with Crippen molar-refractivity contribution < 1.29 is 64.4 Å². The molecule has 3 aliphatic carbocycles. The number of rotatable bonds is 6. The van der Waals surface area contributed by atoms with Gasteiger partial charge in [0.05, 0.1) is 67.3 Å². The Labute approximate surface area is 470 Å². The smallest absolute Gasteiger partial charge is 0.0726 e. The first-order valence-electron chi connectivity index (χ1n) is 43.9. The lowest BCUT2D eigenvalue weighted by atomic mass is 9.70. The standard InChI is InChI=1S/C68H47N/c1-67(2)58-29-13-11-27-56(58)66-57(28-18-33-62(66)67)65-50-23-7-6-21-45(50)37-41-51(65)46-35-38-47(39-36-46)69(64-34-17-12-22-49(64)44-19-4-3-5-20-44)48-40-42-55-54-26-10-16-32-61(54)68(63(55)43-48)59-30-14-8-24-52(59)53-25-9-15-31-60(53)68/h3-43H,1-2H3/i1D3,2D3,3D,4D,5D,6D,7D,8D,9D,10D,11D,12D,13D,14D,15D,16D,17D,18D,19D,20D,21D,22D,23D,24D,25D,26D,27D,28D,29D,30D,31D,32D,33D,34D,35D,36D,37D,38D,39D,40D,41D,42D,43D. The van der Waals surface area contributed by atoms with Crippen molar-refractivity contribution in [3.63, 3.8) is 0 Å². The molecule has 1 nitrogen and oxygen atoms in total. The van der Waals surface area contributed by atoms with Crippen molar-refractivity contribution in [2.75, 3.05) is 4.90 Å². The normalized spacial score (nSPS) is 23.9. The van der Waals surface area contributed by atoms with Crippen LogP contribution in [0.25, 0.3) is 77.5 Å². The van der Waals surface area contributed by atoms with Crippen molar-refractivity contribution in [3.05, 3.63) is 281 Å². The minimum absolute atomic E-state index is 0.0986. The highest BCUT2D eigenvalue weighted by atomic mass is 15.1. The third-order valence-corrected chi connectivity index (χ3v) is 12.1. The fourth-order valence-corrected chi connectivity index (χ4v) is 9.35. The molecule has 324 valence electrons. The second-order valence-electron chi connectivity index (χ2n) is 15.5. The Balaban J connectivity index is 1.26. The molecule has 1 spiro atoms. The lowest BCUT2D eigenvalue weighted by Gasteiger charge is -2.32. The lowest BCUT2D eigenvalue weighted by Crippen LogP contribution is -2.26. The van der Waals surface area contributed by atoms with Gasteiger partial charge >= 0.3 is 0 Å². The number of nitrogens with zero attached hydrogens (tertiary/aromatic N) is 1. The van der Waals surface area contributed by atoms with Crippen LogP contribution in [-0.4, -0.2) is 0 Å². The quantitative estimate of drug-likeness (QED) is 0.161. The van der Waals surface area contributed by atoms with E-state index in [1.807, 2.05) is 0 Å². The van der Waals surface area contributed by atoms with Gasteiger partial charge in [0.2, 0.25) is 0 Å². The zero-order valence-corrected chi connectivity index (χ0v) is 34.4. The van der Waals surface area contributed by atoms with E-state index >= 15 is 0 Å². The number of benzene rings is 11. The Hall–Kier alpha value is -8.52. The van der Waals surface area contributed by atoms with Crippen LogP contribution in [0.1, 0.15) is 112 Å². The molecular weight excluding hydrogens is 831 g/mol. The van der Waals surface area contributed by atoms with Crippen molar-refractivity contribution in [1.29, 1.82) is 0 Å². The molecule has 0 unspecified atom stereocenters. The molecule has 0 fully saturated rings. The Morgan fingerprint density at radius 3 is 1.54 bits per heavy atom. The molecule has 0 atom stereocenters.